The number of alkyl carbamates (subject to hydrolysis) is 1. The van der Waals surface area contributed by atoms with Gasteiger partial charge >= 0.3 is 6.09 Å². The number of nitrogens with one attached hydrogen (secondary N) is 1. The van der Waals surface area contributed by atoms with Gasteiger partial charge in [-0.1, -0.05) is 36.8 Å². The number of ether oxygens (including phenoxy) is 1. The van der Waals surface area contributed by atoms with E-state index in [4.69, 9.17) is 11.2 Å². The highest BCUT2D eigenvalue weighted by Crippen LogP contribution is 2.20. The zero-order valence-electron chi connectivity index (χ0n) is 13.2. The Hall–Kier alpha value is -1.95. The largest absolute Gasteiger partial charge is 0.444 e. The summed E-state index contributed by atoms with van der Waals surface area (Å²) in [6.07, 6.45) is 8.45. The summed E-state index contributed by atoms with van der Waals surface area (Å²) in [5.74, 6) is 2.64. The lowest BCUT2D eigenvalue weighted by atomic mass is 10.0. The lowest BCUT2D eigenvalue weighted by Gasteiger charge is -2.24. The Morgan fingerprint density at radius 1 is 1.29 bits per heavy atom. The van der Waals surface area contributed by atoms with Gasteiger partial charge in [0.2, 0.25) is 0 Å². The van der Waals surface area contributed by atoms with Crippen LogP contribution in [0.3, 0.4) is 0 Å². The maximum atomic E-state index is 12.0. The summed E-state index contributed by atoms with van der Waals surface area (Å²) in [4.78, 5) is 12.0. The van der Waals surface area contributed by atoms with Crippen LogP contribution in [-0.4, -0.2) is 11.7 Å². The van der Waals surface area contributed by atoms with Crippen LogP contribution in [0.5, 0.6) is 0 Å². The first-order valence-corrected chi connectivity index (χ1v) is 7.40. The molecule has 0 aromatic heterocycles. The van der Waals surface area contributed by atoms with Gasteiger partial charge in [0, 0.05) is 6.42 Å². The average molecular weight is 287 g/mol. The molecule has 1 N–H and O–H groups in total. The van der Waals surface area contributed by atoms with Gasteiger partial charge < -0.3 is 10.1 Å². The summed E-state index contributed by atoms with van der Waals surface area (Å²) in [6, 6.07) is 9.90. The molecule has 1 rings (SSSR count). The van der Waals surface area contributed by atoms with E-state index in [0.29, 0.717) is 0 Å². The monoisotopic (exact) mass is 287 g/mol. The van der Waals surface area contributed by atoms with Crippen LogP contribution in [0.25, 0.3) is 0 Å². The number of rotatable bonds is 6. The van der Waals surface area contributed by atoms with E-state index in [9.17, 15) is 4.79 Å². The van der Waals surface area contributed by atoms with Gasteiger partial charge in [0.05, 0.1) is 6.04 Å². The molecular formula is C18H25NO2. The number of unbranched alkanes of at least 4 members (excludes halogenated alkanes) is 2. The summed E-state index contributed by atoms with van der Waals surface area (Å²) >= 11 is 0. The molecule has 21 heavy (non-hydrogen) atoms. The van der Waals surface area contributed by atoms with E-state index in [1.54, 1.807) is 0 Å². The van der Waals surface area contributed by atoms with Crippen molar-refractivity contribution in [3.8, 4) is 12.3 Å². The SMILES string of the molecule is C#CCCCCC(NC(=O)OC(C)(C)C)c1ccccc1. The lowest BCUT2D eigenvalue weighted by Crippen LogP contribution is -2.35. The lowest BCUT2D eigenvalue weighted by molar-refractivity contribution is 0.0500. The Labute approximate surface area is 128 Å². The maximum absolute atomic E-state index is 12.0. The first-order valence-electron chi connectivity index (χ1n) is 7.40. The van der Waals surface area contributed by atoms with Crippen LogP contribution in [0.4, 0.5) is 4.79 Å². The van der Waals surface area contributed by atoms with Crippen molar-refractivity contribution in [1.29, 1.82) is 0 Å². The second kappa shape index (κ2) is 8.36. The smallest absolute Gasteiger partial charge is 0.408 e. The highest BCUT2D eigenvalue weighted by atomic mass is 16.6. The minimum Gasteiger partial charge on any atom is -0.444 e. The second-order valence-electron chi connectivity index (χ2n) is 6.06. The number of hydrogen-bond donors (Lipinski definition) is 1. The second-order valence-corrected chi connectivity index (χ2v) is 6.06. The van der Waals surface area contributed by atoms with Gasteiger partial charge in [0.1, 0.15) is 5.60 Å². The molecule has 1 aromatic rings. The third-order valence-corrected chi connectivity index (χ3v) is 2.96. The van der Waals surface area contributed by atoms with Crippen molar-refractivity contribution >= 4 is 6.09 Å². The van der Waals surface area contributed by atoms with Crippen molar-refractivity contribution in [1.82, 2.24) is 5.32 Å². The molecule has 0 spiro atoms. The van der Waals surface area contributed by atoms with Crippen molar-refractivity contribution in [2.24, 2.45) is 0 Å². The van der Waals surface area contributed by atoms with E-state index in [1.165, 1.54) is 0 Å². The van der Waals surface area contributed by atoms with Gasteiger partial charge in [-0.05, 0) is 39.2 Å². The summed E-state index contributed by atoms with van der Waals surface area (Å²) in [5.41, 5.74) is 0.596. The summed E-state index contributed by atoms with van der Waals surface area (Å²) in [7, 11) is 0. The molecule has 0 fully saturated rings. The Morgan fingerprint density at radius 3 is 2.52 bits per heavy atom. The number of terminal acetylenes is 1. The zero-order chi connectivity index (χ0) is 15.7. The van der Waals surface area contributed by atoms with Crippen molar-refractivity contribution in [2.45, 2.75) is 58.1 Å². The molecule has 1 atom stereocenters. The molecule has 0 aliphatic rings. The van der Waals surface area contributed by atoms with E-state index < -0.39 is 5.60 Å². The molecule has 0 radical (unpaired) electrons. The Kier molecular flexibility index (Phi) is 6.81. The molecular weight excluding hydrogens is 262 g/mol. The van der Waals surface area contributed by atoms with Gasteiger partial charge in [-0.25, -0.2) is 4.79 Å². The van der Waals surface area contributed by atoms with Gasteiger partial charge in [0.15, 0.2) is 0 Å². The highest BCUT2D eigenvalue weighted by Gasteiger charge is 2.20. The minimum absolute atomic E-state index is 0.0428. The minimum atomic E-state index is -0.491. The highest BCUT2D eigenvalue weighted by molar-refractivity contribution is 5.68. The predicted octanol–water partition coefficient (Wildman–Crippen LogP) is 4.45. The molecule has 0 aliphatic heterocycles. The Bertz CT molecular complexity index is 468. The average Bonchev–Trinajstić information content (AvgIpc) is 2.41. The first-order chi connectivity index (χ1) is 9.92. The molecule has 3 nitrogen and oxygen atoms in total. The fraction of sp³-hybridized carbons (Fsp3) is 0.500. The molecule has 0 saturated carbocycles. The number of carbonyl (C=O) groups is 1. The summed E-state index contributed by atoms with van der Waals surface area (Å²) in [5, 5.41) is 2.95. The molecule has 0 bridgehead atoms. The quantitative estimate of drug-likeness (QED) is 0.620. The Morgan fingerprint density at radius 2 is 1.95 bits per heavy atom. The fourth-order valence-electron chi connectivity index (χ4n) is 2.03. The zero-order valence-corrected chi connectivity index (χ0v) is 13.2. The van der Waals surface area contributed by atoms with E-state index in [2.05, 4.69) is 11.2 Å². The van der Waals surface area contributed by atoms with Crippen LogP contribution >= 0.6 is 0 Å². The molecule has 0 heterocycles. The molecule has 1 aromatic carbocycles. The van der Waals surface area contributed by atoms with E-state index in [-0.39, 0.29) is 12.1 Å². The topological polar surface area (TPSA) is 38.3 Å². The molecule has 0 aliphatic carbocycles. The Balaban J connectivity index is 2.64. The van der Waals surface area contributed by atoms with Gasteiger partial charge in [-0.2, -0.15) is 0 Å². The van der Waals surface area contributed by atoms with Crippen LogP contribution in [0, 0.1) is 12.3 Å². The van der Waals surface area contributed by atoms with Crippen molar-refractivity contribution in [3.63, 3.8) is 0 Å². The predicted molar refractivity (Wildman–Crippen MR) is 85.9 cm³/mol. The van der Waals surface area contributed by atoms with Crippen LogP contribution in [-0.2, 0) is 4.74 Å². The van der Waals surface area contributed by atoms with E-state index in [1.807, 2.05) is 51.1 Å². The van der Waals surface area contributed by atoms with Gasteiger partial charge in [0.25, 0.3) is 0 Å². The molecule has 1 amide bonds. The molecule has 114 valence electrons. The van der Waals surface area contributed by atoms with Crippen molar-refractivity contribution in [2.75, 3.05) is 0 Å². The standard InChI is InChI=1S/C18H25NO2/c1-5-6-7-11-14-16(15-12-9-8-10-13-15)19-17(20)21-18(2,3)4/h1,8-10,12-13,16H,6-7,11,14H2,2-4H3,(H,19,20). The molecule has 0 saturated heterocycles. The summed E-state index contributed by atoms with van der Waals surface area (Å²) < 4.78 is 5.33. The van der Waals surface area contributed by atoms with Crippen LogP contribution < -0.4 is 5.32 Å². The van der Waals surface area contributed by atoms with Crippen LogP contribution in [0.2, 0.25) is 0 Å². The number of amides is 1. The van der Waals surface area contributed by atoms with Crippen molar-refractivity contribution in [3.05, 3.63) is 35.9 Å². The van der Waals surface area contributed by atoms with E-state index in [0.717, 1.165) is 31.2 Å². The third kappa shape index (κ3) is 7.41. The number of benzene rings is 1. The first kappa shape index (κ1) is 17.1. The summed E-state index contributed by atoms with van der Waals surface area (Å²) in [6.45, 7) is 5.57. The third-order valence-electron chi connectivity index (χ3n) is 2.96. The molecule has 3 heteroatoms. The molecule has 1 unspecified atom stereocenters. The van der Waals surface area contributed by atoms with Gasteiger partial charge in [-0.3, -0.25) is 0 Å². The fourth-order valence-corrected chi connectivity index (χ4v) is 2.03. The van der Waals surface area contributed by atoms with Crippen molar-refractivity contribution < 1.29 is 9.53 Å². The maximum Gasteiger partial charge on any atom is 0.408 e. The van der Waals surface area contributed by atoms with Gasteiger partial charge in [-0.15, -0.1) is 12.3 Å². The van der Waals surface area contributed by atoms with Crippen LogP contribution in [0.15, 0.2) is 30.3 Å². The number of hydrogen-bond acceptors (Lipinski definition) is 2. The number of carbonyl (C=O) groups excluding carboxylic acids is 1. The van der Waals surface area contributed by atoms with E-state index >= 15 is 0 Å². The van der Waals surface area contributed by atoms with Crippen LogP contribution in [0.1, 0.15) is 58.1 Å². The normalized spacial score (nSPS) is 12.3.